The lowest BCUT2D eigenvalue weighted by molar-refractivity contribution is -0.384. The van der Waals surface area contributed by atoms with Crippen molar-refractivity contribution >= 4 is 11.5 Å². The number of aromatic nitrogens is 2. The second kappa shape index (κ2) is 8.88. The Morgan fingerprint density at radius 1 is 1.04 bits per heavy atom. The Bertz CT molecular complexity index is 789. The highest BCUT2D eigenvalue weighted by Crippen LogP contribution is 2.29. The van der Waals surface area contributed by atoms with Crippen LogP contribution in [0.15, 0.2) is 24.3 Å². The van der Waals surface area contributed by atoms with Crippen molar-refractivity contribution in [3.8, 4) is 11.4 Å². The fraction of sp³-hybridized carbons (Fsp3) is 0.474. The van der Waals surface area contributed by atoms with Crippen molar-refractivity contribution in [2.75, 3.05) is 37.8 Å². The predicted molar refractivity (Wildman–Crippen MR) is 102 cm³/mol. The molecular formula is C19H24N4O4. The lowest BCUT2D eigenvalue weighted by Crippen LogP contribution is -2.38. The number of ether oxygens (including phenoxy) is 2. The summed E-state index contributed by atoms with van der Waals surface area (Å²) < 4.78 is 11.0. The number of nitro benzene ring substituents is 1. The Hall–Kier alpha value is -2.58. The normalized spacial score (nSPS) is 16.1. The minimum atomic E-state index is -0.412. The van der Waals surface area contributed by atoms with Crippen LogP contribution in [0.3, 0.4) is 0 Å². The zero-order valence-electron chi connectivity index (χ0n) is 15.7. The number of rotatable bonds is 3. The Kier molecular flexibility index (Phi) is 6.31. The molecule has 0 bridgehead atoms. The summed E-state index contributed by atoms with van der Waals surface area (Å²) in [5.41, 5.74) is 2.85. The molecule has 0 amide bonds. The summed E-state index contributed by atoms with van der Waals surface area (Å²) in [5, 5.41) is 10.8. The number of non-ortho nitro benzene ring substituents is 1. The van der Waals surface area contributed by atoms with Gasteiger partial charge in [0.05, 0.1) is 37.0 Å². The van der Waals surface area contributed by atoms with Gasteiger partial charge in [-0.1, -0.05) is 13.8 Å². The minimum absolute atomic E-state index is 0.0541. The molecule has 0 saturated carbocycles. The van der Waals surface area contributed by atoms with E-state index in [0.717, 1.165) is 42.1 Å². The zero-order chi connectivity index (χ0) is 19.2. The van der Waals surface area contributed by atoms with Crippen molar-refractivity contribution < 1.29 is 14.4 Å². The molecule has 0 aliphatic carbocycles. The van der Waals surface area contributed by atoms with Gasteiger partial charge in [-0.15, -0.1) is 0 Å². The van der Waals surface area contributed by atoms with Gasteiger partial charge in [0.1, 0.15) is 5.82 Å². The molecule has 3 heterocycles. The molecule has 0 N–H and O–H groups in total. The third-order valence-electron chi connectivity index (χ3n) is 4.45. The van der Waals surface area contributed by atoms with Gasteiger partial charge in [-0.25, -0.2) is 9.97 Å². The van der Waals surface area contributed by atoms with E-state index < -0.39 is 4.92 Å². The maximum absolute atomic E-state index is 10.8. The molecule has 27 heavy (non-hydrogen) atoms. The summed E-state index contributed by atoms with van der Waals surface area (Å²) in [6, 6.07) is 6.32. The van der Waals surface area contributed by atoms with Crippen LogP contribution in [0.4, 0.5) is 11.5 Å². The highest BCUT2D eigenvalue weighted by atomic mass is 16.6. The van der Waals surface area contributed by atoms with Crippen molar-refractivity contribution in [2.24, 2.45) is 0 Å². The molecule has 0 spiro atoms. The van der Waals surface area contributed by atoms with E-state index in [1.165, 1.54) is 12.1 Å². The van der Waals surface area contributed by atoms with E-state index in [-0.39, 0.29) is 5.69 Å². The van der Waals surface area contributed by atoms with Crippen LogP contribution in [0.1, 0.15) is 25.1 Å². The predicted octanol–water partition coefficient (Wildman–Crippen LogP) is 2.99. The van der Waals surface area contributed by atoms with Crippen LogP contribution in [-0.2, 0) is 22.5 Å². The Morgan fingerprint density at radius 3 is 2.41 bits per heavy atom. The third kappa shape index (κ3) is 4.23. The third-order valence-corrected chi connectivity index (χ3v) is 4.45. The van der Waals surface area contributed by atoms with Crippen LogP contribution in [0.25, 0.3) is 11.4 Å². The number of anilines is 1. The van der Waals surface area contributed by atoms with Crippen molar-refractivity contribution in [2.45, 2.75) is 26.9 Å². The van der Waals surface area contributed by atoms with E-state index in [0.29, 0.717) is 32.3 Å². The molecule has 1 saturated heterocycles. The monoisotopic (exact) mass is 372 g/mol. The summed E-state index contributed by atoms with van der Waals surface area (Å²) >= 11 is 0. The summed E-state index contributed by atoms with van der Waals surface area (Å²) in [5.74, 6) is 1.51. The molecule has 8 heteroatoms. The van der Waals surface area contributed by atoms with Crippen molar-refractivity contribution in [1.29, 1.82) is 0 Å². The molecule has 1 aromatic carbocycles. The molecule has 2 aliphatic rings. The highest BCUT2D eigenvalue weighted by Gasteiger charge is 2.24. The van der Waals surface area contributed by atoms with Gasteiger partial charge in [-0.3, -0.25) is 10.1 Å². The Morgan fingerprint density at radius 2 is 1.74 bits per heavy atom. The molecular weight excluding hydrogens is 348 g/mol. The van der Waals surface area contributed by atoms with Crippen LogP contribution in [0.2, 0.25) is 0 Å². The van der Waals surface area contributed by atoms with Crippen LogP contribution in [0.5, 0.6) is 0 Å². The highest BCUT2D eigenvalue weighted by molar-refractivity contribution is 5.62. The van der Waals surface area contributed by atoms with Crippen molar-refractivity contribution in [1.82, 2.24) is 9.97 Å². The molecule has 4 rings (SSSR count). The number of nitrogens with zero attached hydrogens (tertiary/aromatic N) is 4. The first-order valence-electron chi connectivity index (χ1n) is 9.27. The number of hydrogen-bond acceptors (Lipinski definition) is 7. The summed E-state index contributed by atoms with van der Waals surface area (Å²) in [7, 11) is 0. The van der Waals surface area contributed by atoms with E-state index in [9.17, 15) is 10.1 Å². The zero-order valence-corrected chi connectivity index (χ0v) is 15.7. The van der Waals surface area contributed by atoms with Crippen LogP contribution >= 0.6 is 0 Å². The van der Waals surface area contributed by atoms with Crippen LogP contribution in [0, 0.1) is 10.1 Å². The molecule has 1 aromatic heterocycles. The standard InChI is InChI=1S/C17H18N4O4.C2H6/c22-21(23)13-3-1-12(2-4-13)16-18-15-11-25-8-5-14(15)17(19-16)20-6-9-24-10-7-20;1-2/h1-4H,5-11H2;1-2H3. The maximum Gasteiger partial charge on any atom is 0.269 e. The minimum Gasteiger partial charge on any atom is -0.378 e. The largest absolute Gasteiger partial charge is 0.378 e. The average Bonchev–Trinajstić information content (AvgIpc) is 2.75. The topological polar surface area (TPSA) is 90.6 Å². The smallest absolute Gasteiger partial charge is 0.269 e. The molecule has 8 nitrogen and oxygen atoms in total. The van der Waals surface area contributed by atoms with Crippen molar-refractivity contribution in [3.05, 3.63) is 45.6 Å². The van der Waals surface area contributed by atoms with Gasteiger partial charge >= 0.3 is 0 Å². The van der Waals surface area contributed by atoms with Crippen LogP contribution in [-0.4, -0.2) is 47.8 Å². The first kappa shape index (κ1) is 19.2. The molecule has 0 atom stereocenters. The van der Waals surface area contributed by atoms with E-state index in [1.807, 2.05) is 13.8 Å². The molecule has 2 aliphatic heterocycles. The first-order chi connectivity index (χ1) is 13.2. The van der Waals surface area contributed by atoms with E-state index >= 15 is 0 Å². The Balaban J connectivity index is 0.00000102. The van der Waals surface area contributed by atoms with Gasteiger partial charge in [0.15, 0.2) is 5.82 Å². The van der Waals surface area contributed by atoms with Crippen LogP contribution < -0.4 is 4.90 Å². The van der Waals surface area contributed by atoms with E-state index in [1.54, 1.807) is 12.1 Å². The quantitative estimate of drug-likeness (QED) is 0.604. The second-order valence-corrected chi connectivity index (χ2v) is 6.00. The summed E-state index contributed by atoms with van der Waals surface area (Å²) in [4.78, 5) is 22.1. The second-order valence-electron chi connectivity index (χ2n) is 6.00. The number of morpholine rings is 1. The fourth-order valence-corrected chi connectivity index (χ4v) is 3.13. The van der Waals surface area contributed by atoms with Gasteiger partial charge in [0, 0.05) is 42.8 Å². The molecule has 1 fully saturated rings. The van der Waals surface area contributed by atoms with E-state index in [4.69, 9.17) is 14.5 Å². The lowest BCUT2D eigenvalue weighted by atomic mass is 10.1. The molecule has 2 aromatic rings. The average molecular weight is 372 g/mol. The lowest BCUT2D eigenvalue weighted by Gasteiger charge is -2.31. The number of hydrogen-bond donors (Lipinski definition) is 0. The maximum atomic E-state index is 10.8. The van der Waals surface area contributed by atoms with Gasteiger partial charge in [-0.2, -0.15) is 0 Å². The van der Waals surface area contributed by atoms with Gasteiger partial charge in [-0.05, 0) is 12.1 Å². The van der Waals surface area contributed by atoms with E-state index in [2.05, 4.69) is 9.88 Å². The number of fused-ring (bicyclic) bond motifs is 1. The molecule has 0 radical (unpaired) electrons. The van der Waals surface area contributed by atoms with Crippen molar-refractivity contribution in [3.63, 3.8) is 0 Å². The fourth-order valence-electron chi connectivity index (χ4n) is 3.13. The number of nitro groups is 1. The number of benzene rings is 1. The molecule has 144 valence electrons. The summed E-state index contributed by atoms with van der Waals surface area (Å²) in [6.45, 7) is 8.10. The van der Waals surface area contributed by atoms with Gasteiger partial charge in [0.2, 0.25) is 0 Å². The van der Waals surface area contributed by atoms with Gasteiger partial charge < -0.3 is 14.4 Å². The van der Waals surface area contributed by atoms with Gasteiger partial charge in [0.25, 0.3) is 5.69 Å². The SMILES string of the molecule is CC.O=[N+]([O-])c1ccc(-c2nc3c(c(N4CCOCC4)n2)CCOC3)cc1. The first-order valence-corrected chi connectivity index (χ1v) is 9.27. The molecule has 0 unspecified atom stereocenters. The summed E-state index contributed by atoms with van der Waals surface area (Å²) in [6.07, 6.45) is 0.794. The Labute approximate surface area is 158 Å².